The van der Waals surface area contributed by atoms with E-state index in [1.807, 2.05) is 58.5 Å². The lowest BCUT2D eigenvalue weighted by molar-refractivity contribution is -0.141. The molecule has 1 aliphatic rings. The number of aryl methyl sites for hydroxylation is 1. The molecule has 252 valence electrons. The van der Waals surface area contributed by atoms with Crippen molar-refractivity contribution < 1.29 is 33.1 Å². The first-order valence-corrected chi connectivity index (χ1v) is 16.7. The molecule has 2 amide bonds. The van der Waals surface area contributed by atoms with E-state index in [9.17, 15) is 9.59 Å². The summed E-state index contributed by atoms with van der Waals surface area (Å²) in [6.45, 7) is 11.4. The summed E-state index contributed by atoms with van der Waals surface area (Å²) in [6, 6.07) is 6.70. The van der Waals surface area contributed by atoms with E-state index in [0.717, 1.165) is 34.7 Å². The Balaban J connectivity index is 1.34. The lowest BCUT2D eigenvalue weighted by Crippen LogP contribution is -2.48. The van der Waals surface area contributed by atoms with Crippen LogP contribution in [-0.2, 0) is 19.1 Å². The van der Waals surface area contributed by atoms with Crippen LogP contribution in [0.15, 0.2) is 34.3 Å². The van der Waals surface area contributed by atoms with Gasteiger partial charge in [0.05, 0.1) is 55.7 Å². The molecule has 1 fully saturated rings. The molecule has 2 N–H and O–H groups in total. The van der Waals surface area contributed by atoms with Crippen LogP contribution in [-0.4, -0.2) is 93.2 Å². The molecule has 46 heavy (non-hydrogen) atoms. The number of carbonyl (C=O) groups is 2. The molecule has 13 heteroatoms. The number of carbonyl (C=O) groups excluding carboxylic acids is 2. The first kappa shape index (κ1) is 35.3. The van der Waals surface area contributed by atoms with Gasteiger partial charge < -0.3 is 39.0 Å². The van der Waals surface area contributed by atoms with Crippen LogP contribution in [0.2, 0.25) is 0 Å². The molecule has 4 rings (SSSR count). The molecule has 1 aliphatic heterocycles. The molecule has 3 heterocycles. The number of thiazole rings is 1. The van der Waals surface area contributed by atoms with Crippen molar-refractivity contribution in [2.75, 3.05) is 60.3 Å². The maximum Gasteiger partial charge on any atom is 0.254 e. The number of hydrogen-bond acceptors (Lipinski definition) is 11. The Morgan fingerprint density at radius 1 is 1.11 bits per heavy atom. The van der Waals surface area contributed by atoms with Crippen molar-refractivity contribution in [2.24, 2.45) is 5.92 Å². The lowest BCUT2D eigenvalue weighted by atomic mass is 9.91. The van der Waals surface area contributed by atoms with Gasteiger partial charge in [0.1, 0.15) is 24.3 Å². The molecule has 3 atom stereocenters. The van der Waals surface area contributed by atoms with Gasteiger partial charge in [-0.3, -0.25) is 9.59 Å². The van der Waals surface area contributed by atoms with E-state index in [4.69, 9.17) is 23.5 Å². The summed E-state index contributed by atoms with van der Waals surface area (Å²) >= 11 is 1.58. The van der Waals surface area contributed by atoms with Crippen LogP contribution in [0, 0.1) is 12.8 Å². The third-order valence-electron chi connectivity index (χ3n) is 8.00. The Morgan fingerprint density at radius 2 is 1.87 bits per heavy atom. The first-order chi connectivity index (χ1) is 22.2. The highest BCUT2D eigenvalue weighted by atomic mass is 32.1. The summed E-state index contributed by atoms with van der Waals surface area (Å²) in [5.74, 6) is 0.330. The Morgan fingerprint density at radius 3 is 2.57 bits per heavy atom. The van der Waals surface area contributed by atoms with Crippen LogP contribution < -0.4 is 20.1 Å². The van der Waals surface area contributed by atoms with Crippen molar-refractivity contribution >= 4 is 23.2 Å². The van der Waals surface area contributed by atoms with Gasteiger partial charge in [-0.25, -0.2) is 4.98 Å². The van der Waals surface area contributed by atoms with Crippen molar-refractivity contribution in [1.29, 1.82) is 0 Å². The second kappa shape index (κ2) is 17.4. The predicted molar refractivity (Wildman–Crippen MR) is 175 cm³/mol. The molecule has 12 nitrogen and oxygen atoms in total. The Hall–Kier alpha value is -3.52. The highest BCUT2D eigenvalue weighted by Gasteiger charge is 2.40. The largest absolute Gasteiger partial charge is 0.496 e. The molecule has 1 aromatic carbocycles. The van der Waals surface area contributed by atoms with Gasteiger partial charge in [0.15, 0.2) is 5.76 Å². The molecule has 0 aliphatic carbocycles. The highest BCUT2D eigenvalue weighted by Crippen LogP contribution is 2.35. The second-order valence-corrected chi connectivity index (χ2v) is 12.5. The van der Waals surface area contributed by atoms with Gasteiger partial charge in [0, 0.05) is 24.7 Å². The van der Waals surface area contributed by atoms with Crippen molar-refractivity contribution in [3.8, 4) is 22.1 Å². The number of likely N-dealkylation sites (N-methyl/N-ethyl adjacent to an activating group) is 1. The fourth-order valence-corrected chi connectivity index (χ4v) is 6.38. The summed E-state index contributed by atoms with van der Waals surface area (Å²) in [7, 11) is 3.50. The maximum absolute atomic E-state index is 13.9. The number of benzene rings is 1. The summed E-state index contributed by atoms with van der Waals surface area (Å²) in [5.41, 5.74) is 4.66. The minimum atomic E-state index is -0.607. The number of hydrogen-bond donors (Lipinski definition) is 2. The van der Waals surface area contributed by atoms with E-state index in [0.29, 0.717) is 50.9 Å². The molecule has 0 bridgehead atoms. The molecule has 0 saturated carbocycles. The average Bonchev–Trinajstić information content (AvgIpc) is 3.81. The van der Waals surface area contributed by atoms with Crippen molar-refractivity contribution in [1.82, 2.24) is 25.7 Å². The Bertz CT molecular complexity index is 1410. The summed E-state index contributed by atoms with van der Waals surface area (Å²) < 4.78 is 27.9. The smallest absolute Gasteiger partial charge is 0.254 e. The zero-order valence-electron chi connectivity index (χ0n) is 27.7. The zero-order chi connectivity index (χ0) is 33.1. The Kier molecular flexibility index (Phi) is 13.4. The minimum absolute atomic E-state index is 0.0901. The van der Waals surface area contributed by atoms with Gasteiger partial charge in [-0.1, -0.05) is 26.0 Å². The molecular weight excluding hydrogens is 610 g/mol. The zero-order valence-corrected chi connectivity index (χ0v) is 28.5. The van der Waals surface area contributed by atoms with Gasteiger partial charge in [0.25, 0.3) is 5.88 Å². The van der Waals surface area contributed by atoms with Gasteiger partial charge in [0.2, 0.25) is 11.8 Å². The van der Waals surface area contributed by atoms with Gasteiger partial charge >= 0.3 is 0 Å². The average molecular weight is 658 g/mol. The third kappa shape index (κ3) is 9.05. The van der Waals surface area contributed by atoms with Crippen LogP contribution >= 0.6 is 11.3 Å². The molecule has 0 spiro atoms. The van der Waals surface area contributed by atoms with Crippen LogP contribution in [0.5, 0.6) is 11.6 Å². The van der Waals surface area contributed by atoms with E-state index in [1.54, 1.807) is 29.4 Å². The monoisotopic (exact) mass is 657 g/mol. The second-order valence-electron chi connectivity index (χ2n) is 11.6. The van der Waals surface area contributed by atoms with Gasteiger partial charge in [-0.15, -0.1) is 11.3 Å². The van der Waals surface area contributed by atoms with Crippen LogP contribution in [0.1, 0.15) is 62.6 Å². The molecule has 1 saturated heterocycles. The molecular formula is C33H47N5O7S. The first-order valence-electron chi connectivity index (χ1n) is 15.8. The van der Waals surface area contributed by atoms with Gasteiger partial charge in [-0.2, -0.15) is 0 Å². The number of nitrogens with one attached hydrogen (secondary N) is 2. The van der Waals surface area contributed by atoms with E-state index >= 15 is 0 Å². The fourth-order valence-electron chi connectivity index (χ4n) is 5.58. The molecule has 2 aromatic heterocycles. The third-order valence-corrected chi connectivity index (χ3v) is 8.97. The maximum atomic E-state index is 13.9. The fraction of sp³-hybridized carbons (Fsp3) is 0.576. The molecule has 0 radical (unpaired) electrons. The normalized spacial score (nSPS) is 16.1. The number of nitrogens with zero attached hydrogens (tertiary/aromatic N) is 3. The van der Waals surface area contributed by atoms with Crippen molar-refractivity contribution in [2.45, 2.75) is 58.5 Å². The number of ether oxygens (including phenoxy) is 4. The number of amides is 2. The summed E-state index contributed by atoms with van der Waals surface area (Å²) in [6.07, 6.45) is 1.32. The number of likely N-dealkylation sites (tertiary alicyclic amines) is 1. The van der Waals surface area contributed by atoms with Crippen molar-refractivity contribution in [3.63, 3.8) is 0 Å². The summed E-state index contributed by atoms with van der Waals surface area (Å²) in [4.78, 5) is 34.6. The van der Waals surface area contributed by atoms with Crippen molar-refractivity contribution in [3.05, 3.63) is 46.8 Å². The standard InChI is InChI=1S/C33H47N5O7S/c1-21(2)30(28-19-29(37-45-28)44-17-16-43-15-14-42-13-11-34-5)33(40)38-12-7-8-26(38)32(39)36-22(3)25-10-9-24(18-27(25)41-6)31-23(4)35-20-46-31/h9-10,18-22,26,30,34H,7-8,11-17H2,1-6H3,(H,36,39)/t22-,26-,30?/m0/s1. The van der Waals surface area contributed by atoms with Crippen LogP contribution in [0.25, 0.3) is 10.4 Å². The lowest BCUT2D eigenvalue weighted by Gasteiger charge is -2.30. The van der Waals surface area contributed by atoms with Gasteiger partial charge in [-0.05, 0) is 56.4 Å². The number of methoxy groups -OCH3 is 1. The van der Waals surface area contributed by atoms with Crippen LogP contribution in [0.4, 0.5) is 0 Å². The molecule has 1 unspecified atom stereocenters. The SMILES string of the molecule is CNCCOCCOCCOc1cc(C(C(=O)N2CCC[C@H]2C(=O)N[C@@H](C)c2ccc(-c3scnc3C)cc2OC)C(C)C)on1. The molecule has 3 aromatic rings. The van der Waals surface area contributed by atoms with Crippen LogP contribution in [0.3, 0.4) is 0 Å². The number of rotatable bonds is 18. The predicted octanol–water partition coefficient (Wildman–Crippen LogP) is 4.35. The topological polar surface area (TPSA) is 137 Å². The quantitative estimate of drug-likeness (QED) is 0.190. The van der Waals surface area contributed by atoms with E-state index in [-0.39, 0.29) is 36.3 Å². The summed E-state index contributed by atoms with van der Waals surface area (Å²) in [5, 5.41) is 10.2. The van der Waals surface area contributed by atoms with E-state index < -0.39 is 12.0 Å². The van der Waals surface area contributed by atoms with E-state index in [1.165, 1.54) is 0 Å². The number of aromatic nitrogens is 2. The van der Waals surface area contributed by atoms with E-state index in [2.05, 4.69) is 20.8 Å². The highest BCUT2D eigenvalue weighted by molar-refractivity contribution is 7.13. The minimum Gasteiger partial charge on any atom is -0.496 e. The Labute approximate surface area is 275 Å².